The van der Waals surface area contributed by atoms with Gasteiger partial charge in [0.2, 0.25) is 10.0 Å². The number of alkyl halides is 3. The Morgan fingerprint density at radius 2 is 1.51 bits per heavy atom. The highest BCUT2D eigenvalue weighted by Gasteiger charge is 2.59. The lowest BCUT2D eigenvalue weighted by atomic mass is 9.92. The highest BCUT2D eigenvalue weighted by molar-refractivity contribution is 8.05. The number of sulfonamides is 3. The van der Waals surface area contributed by atoms with Gasteiger partial charge in [-0.25, -0.2) is 30.2 Å². The summed E-state index contributed by atoms with van der Waals surface area (Å²) in [6.45, 7) is 6.37. The van der Waals surface area contributed by atoms with Gasteiger partial charge < -0.3 is 14.5 Å². The average Bonchev–Trinajstić information content (AvgIpc) is 3.93. The van der Waals surface area contributed by atoms with E-state index in [0.717, 1.165) is 25.0 Å². The number of carbonyl (C=O) groups excluding carboxylic acids is 1. The van der Waals surface area contributed by atoms with Crippen LogP contribution in [0.25, 0.3) is 33.4 Å². The first-order valence-electron chi connectivity index (χ1n) is 21.4. The largest absolute Gasteiger partial charge is 0.512 e. The summed E-state index contributed by atoms with van der Waals surface area (Å²) in [5.41, 5.74) is -4.17. The van der Waals surface area contributed by atoms with Crippen LogP contribution >= 0.6 is 0 Å². The summed E-state index contributed by atoms with van der Waals surface area (Å²) in [5.74, 6) is 0.517. The third kappa shape index (κ3) is 10.3. The molecule has 1 saturated heterocycles. The number of rotatable bonds is 14. The number of fused-ring (bicyclic) bond motifs is 2. The van der Waals surface area contributed by atoms with E-state index in [0.29, 0.717) is 56.0 Å². The molecule has 69 heavy (non-hydrogen) atoms. The van der Waals surface area contributed by atoms with Crippen LogP contribution in [0.2, 0.25) is 0 Å². The second-order valence-electron chi connectivity index (χ2n) is 17.5. The quantitative estimate of drug-likeness (QED) is 0.0529. The molecule has 4 aromatic rings. The molecule has 4 aliphatic rings. The van der Waals surface area contributed by atoms with E-state index in [9.17, 15) is 56.2 Å². The fraction of sp³-hybridized carbons (Fsp3) is 0.304. The van der Waals surface area contributed by atoms with E-state index in [2.05, 4.69) is 24.2 Å². The Kier molecular flexibility index (Phi) is 13.1. The summed E-state index contributed by atoms with van der Waals surface area (Å²) in [6.07, 6.45) is 1.66. The number of carbonyl (C=O) groups is 1. The van der Waals surface area contributed by atoms with E-state index >= 15 is 0 Å². The molecule has 23 heteroatoms. The second-order valence-corrected chi connectivity index (χ2v) is 24.4. The first-order valence-corrected chi connectivity index (χ1v) is 27.3. The SMILES string of the molecule is CC(C)CC1(C(=O)OC2CCN(S(=O)(=O)c3ccccc3-c3c4cc/c(=N\c5cccc(S(=O)(=O)O)c5)cc-4oc4cc(Nc5ccc(S(=O)(=O)NS(=O)(=O)C(F)(F)F)cc5)ccc34)CC2)CC1C. The van der Waals surface area contributed by atoms with Crippen LogP contribution in [0.3, 0.4) is 0 Å². The number of anilines is 2. The van der Waals surface area contributed by atoms with Gasteiger partial charge in [-0.05, 0) is 110 Å². The lowest BCUT2D eigenvalue weighted by Gasteiger charge is -2.32. The van der Waals surface area contributed by atoms with Crippen molar-refractivity contribution < 1.29 is 65.3 Å². The molecule has 1 saturated carbocycles. The molecular weight excluding hydrogens is 986 g/mol. The highest BCUT2D eigenvalue weighted by atomic mass is 32.3. The van der Waals surface area contributed by atoms with Gasteiger partial charge in [-0.1, -0.05) is 49.2 Å². The molecule has 4 aromatic carbocycles. The van der Waals surface area contributed by atoms with Crippen molar-refractivity contribution in [1.29, 1.82) is 0 Å². The molecule has 366 valence electrons. The van der Waals surface area contributed by atoms with Gasteiger partial charge in [-0.2, -0.15) is 25.9 Å². The molecule has 0 spiro atoms. The maximum absolute atomic E-state index is 14.7. The van der Waals surface area contributed by atoms with Crippen LogP contribution in [0.5, 0.6) is 0 Å². The maximum Gasteiger partial charge on any atom is 0.512 e. The normalized spacial score (nSPS) is 19.0. The van der Waals surface area contributed by atoms with Crippen molar-refractivity contribution in [2.75, 3.05) is 18.4 Å². The van der Waals surface area contributed by atoms with Crippen molar-refractivity contribution in [3.63, 3.8) is 0 Å². The molecule has 2 aliphatic heterocycles. The van der Waals surface area contributed by atoms with E-state index in [1.54, 1.807) is 54.6 Å². The van der Waals surface area contributed by atoms with E-state index in [4.69, 9.17) is 9.15 Å². The van der Waals surface area contributed by atoms with Gasteiger partial charge in [-0.3, -0.25) is 9.35 Å². The van der Waals surface area contributed by atoms with Crippen molar-refractivity contribution in [1.82, 2.24) is 8.43 Å². The molecule has 0 bridgehead atoms. The Labute approximate surface area is 396 Å². The number of esters is 1. The minimum Gasteiger partial charge on any atom is -0.462 e. The van der Waals surface area contributed by atoms with Crippen LogP contribution in [0.15, 0.2) is 133 Å². The van der Waals surface area contributed by atoms with Crippen molar-refractivity contribution in [3.05, 3.63) is 115 Å². The third-order valence-electron chi connectivity index (χ3n) is 12.1. The fourth-order valence-corrected chi connectivity index (χ4v) is 13.3. The van der Waals surface area contributed by atoms with Crippen LogP contribution in [-0.4, -0.2) is 73.2 Å². The Balaban J connectivity index is 1.16. The first kappa shape index (κ1) is 49.7. The standard InChI is InChI=1S/C46H45F3N4O12S4/c1-28(2)26-45(27-29(45)3)44(54)64-34-19-21-53(22-20-34)67(57,58)42-10-5-4-9-39(42)43-37-17-13-32(50-30-11-15-35(16-12-30)66(55,56)52-69(62,63)46(47,48)49)24-40(37)65-41-25-33(14-18-38(41)43)51-31-7-6-8-36(23-31)68(59,60)61/h4-18,23-25,28-29,34,50,52H,19-22,26-27H2,1-3H3,(H,59,60,61)/b51-33+. The van der Waals surface area contributed by atoms with Crippen LogP contribution in [-0.2, 0) is 49.7 Å². The topological polar surface area (TPSA) is 236 Å². The van der Waals surface area contributed by atoms with Gasteiger partial charge >= 0.3 is 21.5 Å². The molecule has 0 amide bonds. The van der Waals surface area contributed by atoms with Crippen LogP contribution in [0.4, 0.5) is 30.2 Å². The number of nitrogens with zero attached hydrogens (tertiary/aromatic N) is 2. The molecular formula is C46H45F3N4O12S4. The van der Waals surface area contributed by atoms with Gasteiger partial charge in [0.1, 0.15) is 17.4 Å². The average molecular weight is 1030 g/mol. The molecule has 8 rings (SSSR count). The van der Waals surface area contributed by atoms with E-state index in [1.807, 2.05) is 6.92 Å². The number of benzene rings is 5. The number of hydrogen-bond acceptors (Lipinski definition) is 13. The smallest absolute Gasteiger partial charge is 0.462 e. The number of ether oxygens (including phenoxy) is 1. The number of nitrogens with one attached hydrogen (secondary N) is 2. The zero-order chi connectivity index (χ0) is 49.9. The lowest BCUT2D eigenvalue weighted by molar-refractivity contribution is -0.158. The monoisotopic (exact) mass is 1030 g/mol. The lowest BCUT2D eigenvalue weighted by Crippen LogP contribution is -2.42. The van der Waals surface area contributed by atoms with Crippen LogP contribution in [0, 0.1) is 17.3 Å². The number of halogens is 3. The van der Waals surface area contributed by atoms with E-state index < -0.39 is 62.1 Å². The highest BCUT2D eigenvalue weighted by Crippen LogP contribution is 2.57. The third-order valence-corrected chi connectivity index (χ3v) is 18.2. The summed E-state index contributed by atoms with van der Waals surface area (Å²) in [6, 6.07) is 25.6. The van der Waals surface area contributed by atoms with E-state index in [-0.39, 0.29) is 57.5 Å². The molecule has 2 aliphatic carbocycles. The summed E-state index contributed by atoms with van der Waals surface area (Å²) in [4.78, 5) is 16.7. The zero-order valence-electron chi connectivity index (χ0n) is 37.0. The predicted octanol–water partition coefficient (Wildman–Crippen LogP) is 8.32. The first-order chi connectivity index (χ1) is 32.3. The van der Waals surface area contributed by atoms with Crippen LogP contribution in [0.1, 0.15) is 46.5 Å². The minimum absolute atomic E-state index is 0.0116. The zero-order valence-corrected chi connectivity index (χ0v) is 40.2. The predicted molar refractivity (Wildman–Crippen MR) is 248 cm³/mol. The fourth-order valence-electron chi connectivity index (χ4n) is 8.67. The Morgan fingerprint density at radius 3 is 2.14 bits per heavy atom. The van der Waals surface area contributed by atoms with Gasteiger partial charge in [0, 0.05) is 58.7 Å². The van der Waals surface area contributed by atoms with E-state index in [1.165, 1.54) is 46.8 Å². The van der Waals surface area contributed by atoms with Gasteiger partial charge in [-0.15, -0.1) is 0 Å². The van der Waals surface area contributed by atoms with Gasteiger partial charge in [0.25, 0.3) is 20.1 Å². The van der Waals surface area contributed by atoms with Crippen LogP contribution < -0.4 is 14.8 Å². The summed E-state index contributed by atoms with van der Waals surface area (Å²) < 4.78 is 164. The molecule has 2 fully saturated rings. The molecule has 0 aromatic heterocycles. The Bertz CT molecular complexity index is 3490. The molecule has 0 radical (unpaired) electrons. The minimum atomic E-state index is -6.23. The molecule has 3 N–H and O–H groups in total. The van der Waals surface area contributed by atoms with Crippen molar-refractivity contribution in [2.45, 2.75) is 72.8 Å². The molecule has 16 nitrogen and oxygen atoms in total. The van der Waals surface area contributed by atoms with Crippen molar-refractivity contribution in [3.8, 4) is 22.5 Å². The van der Waals surface area contributed by atoms with Gasteiger partial charge in [0.05, 0.1) is 31.1 Å². The summed E-state index contributed by atoms with van der Waals surface area (Å²) >= 11 is 0. The summed E-state index contributed by atoms with van der Waals surface area (Å²) in [5, 5.41) is 3.78. The number of piperidine rings is 1. The van der Waals surface area contributed by atoms with Crippen molar-refractivity contribution in [2.24, 2.45) is 22.2 Å². The van der Waals surface area contributed by atoms with Crippen molar-refractivity contribution >= 4 is 74.2 Å². The number of hydrogen-bond donors (Lipinski definition) is 3. The maximum atomic E-state index is 14.7. The molecule has 2 unspecified atom stereocenters. The molecule has 2 heterocycles. The molecule has 2 atom stereocenters. The van der Waals surface area contributed by atoms with Gasteiger partial charge in [0.15, 0.2) is 0 Å². The Morgan fingerprint density at radius 1 is 0.841 bits per heavy atom. The Hall–Kier alpha value is -5.69. The summed E-state index contributed by atoms with van der Waals surface area (Å²) in [7, 11) is -20.1. The second kappa shape index (κ2) is 18.2.